The van der Waals surface area contributed by atoms with Crippen LogP contribution < -0.4 is 10.1 Å². The summed E-state index contributed by atoms with van der Waals surface area (Å²) < 4.78 is 5.13. The molecule has 1 N–H and O–H groups in total. The molecule has 5 nitrogen and oxygen atoms in total. The minimum absolute atomic E-state index is 0.0351. The van der Waals surface area contributed by atoms with Gasteiger partial charge in [-0.15, -0.1) is 0 Å². The average Bonchev–Trinajstić information content (AvgIpc) is 2.69. The van der Waals surface area contributed by atoms with Crippen molar-refractivity contribution in [2.24, 2.45) is 0 Å². The van der Waals surface area contributed by atoms with Crippen molar-refractivity contribution in [3.8, 4) is 5.75 Å². The zero-order valence-corrected chi connectivity index (χ0v) is 15.4. The number of piperazine rings is 1. The Morgan fingerprint density at radius 1 is 0.962 bits per heavy atom. The van der Waals surface area contributed by atoms with E-state index in [1.807, 2.05) is 24.3 Å². The summed E-state index contributed by atoms with van der Waals surface area (Å²) in [5, 5.41) is 2.95. The lowest BCUT2D eigenvalue weighted by Crippen LogP contribution is -2.49. The Morgan fingerprint density at radius 3 is 2.27 bits per heavy atom. The Kier molecular flexibility index (Phi) is 6.63. The Bertz CT molecular complexity index is 680. The molecule has 2 aromatic carbocycles. The van der Waals surface area contributed by atoms with E-state index in [9.17, 15) is 4.79 Å². The second-order valence-corrected chi connectivity index (χ2v) is 6.63. The molecule has 0 bridgehead atoms. The Labute approximate surface area is 155 Å². The Morgan fingerprint density at radius 2 is 1.62 bits per heavy atom. The highest BCUT2D eigenvalue weighted by molar-refractivity contribution is 5.92. The van der Waals surface area contributed by atoms with Crippen LogP contribution in [-0.2, 0) is 11.2 Å². The van der Waals surface area contributed by atoms with Crippen LogP contribution in [0.5, 0.6) is 5.75 Å². The maximum atomic E-state index is 12.2. The fourth-order valence-electron chi connectivity index (χ4n) is 3.18. The maximum Gasteiger partial charge on any atom is 0.238 e. The van der Waals surface area contributed by atoms with Gasteiger partial charge in [-0.2, -0.15) is 0 Å². The highest BCUT2D eigenvalue weighted by atomic mass is 16.5. The van der Waals surface area contributed by atoms with E-state index in [2.05, 4.69) is 45.4 Å². The van der Waals surface area contributed by atoms with Crippen molar-refractivity contribution < 1.29 is 9.53 Å². The van der Waals surface area contributed by atoms with Gasteiger partial charge in [0.2, 0.25) is 5.91 Å². The summed E-state index contributed by atoms with van der Waals surface area (Å²) in [6.45, 7) is 5.43. The van der Waals surface area contributed by atoms with E-state index < -0.39 is 0 Å². The number of amides is 1. The molecule has 0 radical (unpaired) electrons. The molecule has 1 heterocycles. The number of rotatable bonds is 7. The zero-order valence-electron chi connectivity index (χ0n) is 15.4. The molecule has 0 aromatic heterocycles. The molecule has 1 amide bonds. The summed E-state index contributed by atoms with van der Waals surface area (Å²) in [4.78, 5) is 16.9. The number of anilines is 1. The molecule has 1 saturated heterocycles. The number of hydrogen-bond acceptors (Lipinski definition) is 4. The van der Waals surface area contributed by atoms with Crippen LogP contribution in [0.3, 0.4) is 0 Å². The number of ether oxygens (including phenoxy) is 1. The number of nitrogens with one attached hydrogen (secondary N) is 1. The number of methoxy groups -OCH3 is 1. The fourth-order valence-corrected chi connectivity index (χ4v) is 3.18. The smallest absolute Gasteiger partial charge is 0.238 e. The minimum atomic E-state index is 0.0351. The summed E-state index contributed by atoms with van der Waals surface area (Å²) in [6, 6.07) is 18.0. The normalized spacial score (nSPS) is 15.6. The molecule has 1 aliphatic rings. The fraction of sp³-hybridized carbons (Fsp3) is 0.381. The molecule has 0 aliphatic carbocycles. The van der Waals surface area contributed by atoms with Gasteiger partial charge in [0.25, 0.3) is 0 Å². The van der Waals surface area contributed by atoms with Crippen LogP contribution in [0.25, 0.3) is 0 Å². The lowest BCUT2D eigenvalue weighted by molar-refractivity contribution is -0.117. The van der Waals surface area contributed by atoms with Gasteiger partial charge in [0.05, 0.1) is 13.7 Å². The monoisotopic (exact) mass is 353 g/mol. The SMILES string of the molecule is COc1ccc(NC(=O)CN2CCN(CCc3ccccc3)CC2)cc1. The quantitative estimate of drug-likeness (QED) is 0.831. The number of carbonyl (C=O) groups is 1. The molecule has 26 heavy (non-hydrogen) atoms. The van der Waals surface area contributed by atoms with E-state index in [0.29, 0.717) is 6.54 Å². The van der Waals surface area contributed by atoms with Crippen LogP contribution in [0.1, 0.15) is 5.56 Å². The third-order valence-corrected chi connectivity index (χ3v) is 4.77. The number of hydrogen-bond donors (Lipinski definition) is 1. The topological polar surface area (TPSA) is 44.8 Å². The standard InChI is InChI=1S/C21H27N3O2/c1-26-20-9-7-19(8-10-20)22-21(25)17-24-15-13-23(14-16-24)12-11-18-5-3-2-4-6-18/h2-10H,11-17H2,1H3,(H,22,25). The molecule has 0 spiro atoms. The second-order valence-electron chi connectivity index (χ2n) is 6.63. The van der Waals surface area contributed by atoms with Crippen molar-refractivity contribution in [2.75, 3.05) is 51.7 Å². The molecule has 3 rings (SSSR count). The molecule has 138 valence electrons. The van der Waals surface area contributed by atoms with E-state index in [1.165, 1.54) is 5.56 Å². The van der Waals surface area contributed by atoms with Crippen LogP contribution >= 0.6 is 0 Å². The molecule has 0 unspecified atom stereocenters. The van der Waals surface area contributed by atoms with Crippen LogP contribution in [0.2, 0.25) is 0 Å². The van der Waals surface area contributed by atoms with Crippen LogP contribution in [0.15, 0.2) is 54.6 Å². The largest absolute Gasteiger partial charge is 0.497 e. The van der Waals surface area contributed by atoms with Crippen molar-refractivity contribution in [3.05, 3.63) is 60.2 Å². The lowest BCUT2D eigenvalue weighted by Gasteiger charge is -2.34. The van der Waals surface area contributed by atoms with Crippen LogP contribution in [0, 0.1) is 0 Å². The van der Waals surface area contributed by atoms with Gasteiger partial charge in [0, 0.05) is 38.4 Å². The predicted molar refractivity (Wildman–Crippen MR) is 105 cm³/mol. The zero-order chi connectivity index (χ0) is 18.2. The third-order valence-electron chi connectivity index (χ3n) is 4.77. The first-order valence-electron chi connectivity index (χ1n) is 9.15. The summed E-state index contributed by atoms with van der Waals surface area (Å²) in [5.74, 6) is 0.822. The molecule has 2 aromatic rings. The first-order valence-corrected chi connectivity index (χ1v) is 9.15. The van der Waals surface area contributed by atoms with E-state index in [1.54, 1.807) is 7.11 Å². The van der Waals surface area contributed by atoms with Gasteiger partial charge in [-0.25, -0.2) is 0 Å². The molecular weight excluding hydrogens is 326 g/mol. The lowest BCUT2D eigenvalue weighted by atomic mass is 10.1. The van der Waals surface area contributed by atoms with Gasteiger partial charge in [-0.05, 0) is 36.2 Å². The summed E-state index contributed by atoms with van der Waals surface area (Å²) >= 11 is 0. The number of nitrogens with zero attached hydrogens (tertiary/aromatic N) is 2. The minimum Gasteiger partial charge on any atom is -0.497 e. The molecule has 1 aliphatic heterocycles. The highest BCUT2D eigenvalue weighted by Gasteiger charge is 2.18. The summed E-state index contributed by atoms with van der Waals surface area (Å²) in [6.07, 6.45) is 1.08. The van der Waals surface area contributed by atoms with Crippen molar-refractivity contribution in [1.29, 1.82) is 0 Å². The number of carbonyl (C=O) groups excluding carboxylic acids is 1. The first-order chi connectivity index (χ1) is 12.7. The van der Waals surface area contributed by atoms with Gasteiger partial charge in [-0.1, -0.05) is 30.3 Å². The van der Waals surface area contributed by atoms with Gasteiger partial charge < -0.3 is 15.0 Å². The van der Waals surface area contributed by atoms with E-state index in [-0.39, 0.29) is 5.91 Å². The van der Waals surface area contributed by atoms with E-state index in [4.69, 9.17) is 4.74 Å². The van der Waals surface area contributed by atoms with Crippen molar-refractivity contribution >= 4 is 11.6 Å². The molecule has 1 fully saturated rings. The molecule has 0 atom stereocenters. The summed E-state index contributed by atoms with van der Waals surface area (Å²) in [7, 11) is 1.63. The van der Waals surface area contributed by atoms with E-state index in [0.717, 1.165) is 50.6 Å². The van der Waals surface area contributed by atoms with Gasteiger partial charge in [0.15, 0.2) is 0 Å². The van der Waals surface area contributed by atoms with Crippen molar-refractivity contribution in [3.63, 3.8) is 0 Å². The third kappa shape index (κ3) is 5.58. The van der Waals surface area contributed by atoms with Crippen LogP contribution in [0.4, 0.5) is 5.69 Å². The second kappa shape index (κ2) is 9.36. The highest BCUT2D eigenvalue weighted by Crippen LogP contribution is 2.15. The molecule has 5 heteroatoms. The van der Waals surface area contributed by atoms with Crippen molar-refractivity contribution in [2.45, 2.75) is 6.42 Å². The Balaban J connectivity index is 1.37. The van der Waals surface area contributed by atoms with Crippen LogP contribution in [-0.4, -0.2) is 62.1 Å². The predicted octanol–water partition coefficient (Wildman–Crippen LogP) is 2.49. The Hall–Kier alpha value is -2.37. The average molecular weight is 353 g/mol. The molecular formula is C21H27N3O2. The van der Waals surface area contributed by atoms with Gasteiger partial charge in [0.1, 0.15) is 5.75 Å². The van der Waals surface area contributed by atoms with Crippen molar-refractivity contribution in [1.82, 2.24) is 9.80 Å². The summed E-state index contributed by atoms with van der Waals surface area (Å²) in [5.41, 5.74) is 2.19. The van der Waals surface area contributed by atoms with Gasteiger partial charge in [-0.3, -0.25) is 9.69 Å². The number of benzene rings is 2. The van der Waals surface area contributed by atoms with E-state index >= 15 is 0 Å². The molecule has 0 saturated carbocycles. The van der Waals surface area contributed by atoms with Gasteiger partial charge >= 0.3 is 0 Å². The maximum absolute atomic E-state index is 12.2. The first kappa shape index (κ1) is 18.4.